The first-order valence-electron chi connectivity index (χ1n) is 6.37. The van der Waals surface area contributed by atoms with Crippen LogP contribution in [0.1, 0.15) is 19.4 Å². The topological polar surface area (TPSA) is 50.5 Å². The zero-order valence-electron chi connectivity index (χ0n) is 11.7. The van der Waals surface area contributed by atoms with E-state index in [1.54, 1.807) is 7.11 Å². The lowest BCUT2D eigenvalue weighted by Gasteiger charge is -2.41. The van der Waals surface area contributed by atoms with Crippen molar-refractivity contribution in [2.75, 3.05) is 37.4 Å². The fourth-order valence-corrected chi connectivity index (χ4v) is 2.56. The number of benzene rings is 1. The molecule has 0 radical (unpaired) electrons. The molecule has 0 aromatic heterocycles. The Morgan fingerprint density at radius 2 is 2.11 bits per heavy atom. The highest BCUT2D eigenvalue weighted by Crippen LogP contribution is 2.32. The van der Waals surface area contributed by atoms with E-state index in [0.29, 0.717) is 5.69 Å². The first-order valence-corrected chi connectivity index (χ1v) is 6.37. The molecule has 1 aliphatic heterocycles. The maximum atomic E-state index is 5.93. The van der Waals surface area contributed by atoms with E-state index < -0.39 is 0 Å². The van der Waals surface area contributed by atoms with Crippen LogP contribution in [0.15, 0.2) is 12.1 Å². The molecule has 1 aromatic carbocycles. The van der Waals surface area contributed by atoms with E-state index in [9.17, 15) is 0 Å². The zero-order valence-corrected chi connectivity index (χ0v) is 11.7. The number of piperazine rings is 1. The Morgan fingerprint density at radius 1 is 1.39 bits per heavy atom. The summed E-state index contributed by atoms with van der Waals surface area (Å²) >= 11 is 0. The number of hydrogen-bond donors (Lipinski definition) is 2. The van der Waals surface area contributed by atoms with Crippen molar-refractivity contribution in [3.8, 4) is 5.75 Å². The van der Waals surface area contributed by atoms with Gasteiger partial charge in [-0.05, 0) is 32.4 Å². The minimum Gasteiger partial charge on any atom is -0.495 e. The minimum atomic E-state index is 0.138. The predicted octanol–water partition coefficient (Wildman–Crippen LogP) is 1.77. The molecule has 1 fully saturated rings. The number of methoxy groups -OCH3 is 1. The molecule has 4 heteroatoms. The lowest BCUT2D eigenvalue weighted by molar-refractivity contribution is 0.352. The molecule has 4 nitrogen and oxygen atoms in total. The van der Waals surface area contributed by atoms with Gasteiger partial charge in [0.15, 0.2) is 0 Å². The number of ether oxygens (including phenoxy) is 1. The van der Waals surface area contributed by atoms with Crippen LogP contribution in [0.2, 0.25) is 0 Å². The SMILES string of the molecule is COc1cc(N2CCNC(C)(C)C2)c(C)cc1N. The van der Waals surface area contributed by atoms with E-state index in [1.807, 2.05) is 12.1 Å². The third kappa shape index (κ3) is 2.53. The van der Waals surface area contributed by atoms with Crippen molar-refractivity contribution in [1.29, 1.82) is 0 Å². The van der Waals surface area contributed by atoms with Crippen molar-refractivity contribution in [3.63, 3.8) is 0 Å². The number of hydrogen-bond acceptors (Lipinski definition) is 4. The van der Waals surface area contributed by atoms with Crippen molar-refractivity contribution >= 4 is 11.4 Å². The smallest absolute Gasteiger partial charge is 0.143 e. The number of anilines is 2. The summed E-state index contributed by atoms with van der Waals surface area (Å²) in [5.74, 6) is 0.756. The normalized spacial score (nSPS) is 18.8. The summed E-state index contributed by atoms with van der Waals surface area (Å²) in [5.41, 5.74) is 9.19. The second-order valence-corrected chi connectivity index (χ2v) is 5.61. The molecule has 0 aliphatic carbocycles. The van der Waals surface area contributed by atoms with Crippen LogP contribution in [-0.4, -0.2) is 32.3 Å². The van der Waals surface area contributed by atoms with Gasteiger partial charge in [0.2, 0.25) is 0 Å². The molecule has 2 rings (SSSR count). The molecule has 0 spiro atoms. The number of aryl methyl sites for hydroxylation is 1. The summed E-state index contributed by atoms with van der Waals surface area (Å²) < 4.78 is 5.32. The van der Waals surface area contributed by atoms with Crippen LogP contribution in [0.5, 0.6) is 5.75 Å². The molecule has 18 heavy (non-hydrogen) atoms. The predicted molar refractivity (Wildman–Crippen MR) is 76.4 cm³/mol. The Hall–Kier alpha value is -1.42. The second kappa shape index (κ2) is 4.69. The molecule has 0 unspecified atom stereocenters. The first-order chi connectivity index (χ1) is 8.43. The molecule has 0 bridgehead atoms. The van der Waals surface area contributed by atoms with Crippen LogP contribution in [0.3, 0.4) is 0 Å². The quantitative estimate of drug-likeness (QED) is 0.784. The fraction of sp³-hybridized carbons (Fsp3) is 0.571. The Morgan fingerprint density at radius 3 is 2.72 bits per heavy atom. The minimum absolute atomic E-state index is 0.138. The third-order valence-corrected chi connectivity index (χ3v) is 3.46. The van der Waals surface area contributed by atoms with Gasteiger partial charge in [-0.25, -0.2) is 0 Å². The summed E-state index contributed by atoms with van der Waals surface area (Å²) in [6.45, 7) is 9.55. The summed E-state index contributed by atoms with van der Waals surface area (Å²) in [6.07, 6.45) is 0. The van der Waals surface area contributed by atoms with Gasteiger partial charge < -0.3 is 20.7 Å². The molecule has 0 atom stereocenters. The Bertz CT molecular complexity index is 443. The van der Waals surface area contributed by atoms with Crippen LogP contribution < -0.4 is 20.7 Å². The number of nitrogen functional groups attached to an aromatic ring is 1. The number of nitrogens with one attached hydrogen (secondary N) is 1. The Balaban J connectivity index is 2.32. The van der Waals surface area contributed by atoms with Crippen molar-refractivity contribution in [2.45, 2.75) is 26.3 Å². The van der Waals surface area contributed by atoms with Crippen LogP contribution in [0.4, 0.5) is 11.4 Å². The van der Waals surface area contributed by atoms with Crippen molar-refractivity contribution in [3.05, 3.63) is 17.7 Å². The molecule has 1 aromatic rings. The highest BCUT2D eigenvalue weighted by atomic mass is 16.5. The molecular weight excluding hydrogens is 226 g/mol. The summed E-state index contributed by atoms with van der Waals surface area (Å²) in [4.78, 5) is 2.40. The van der Waals surface area contributed by atoms with Crippen molar-refractivity contribution < 1.29 is 4.74 Å². The van der Waals surface area contributed by atoms with E-state index in [1.165, 1.54) is 11.3 Å². The summed E-state index contributed by atoms with van der Waals surface area (Å²) in [7, 11) is 1.66. The third-order valence-electron chi connectivity index (χ3n) is 3.46. The lowest BCUT2D eigenvalue weighted by Crippen LogP contribution is -2.57. The Labute approximate surface area is 109 Å². The molecule has 3 N–H and O–H groups in total. The molecule has 0 saturated carbocycles. The van der Waals surface area contributed by atoms with Gasteiger partial charge >= 0.3 is 0 Å². The molecule has 1 aliphatic rings. The van der Waals surface area contributed by atoms with E-state index in [0.717, 1.165) is 25.4 Å². The van der Waals surface area contributed by atoms with Gasteiger partial charge in [-0.15, -0.1) is 0 Å². The number of nitrogens with two attached hydrogens (primary N) is 1. The highest BCUT2D eigenvalue weighted by Gasteiger charge is 2.26. The first kappa shape index (κ1) is 13.0. The van der Waals surface area contributed by atoms with Crippen LogP contribution in [0, 0.1) is 6.92 Å². The molecule has 1 saturated heterocycles. The van der Waals surface area contributed by atoms with Gasteiger partial charge in [0, 0.05) is 36.9 Å². The largest absolute Gasteiger partial charge is 0.495 e. The fourth-order valence-electron chi connectivity index (χ4n) is 2.56. The number of nitrogens with zero attached hydrogens (tertiary/aromatic N) is 1. The maximum absolute atomic E-state index is 5.93. The van der Waals surface area contributed by atoms with E-state index >= 15 is 0 Å². The second-order valence-electron chi connectivity index (χ2n) is 5.61. The monoisotopic (exact) mass is 249 g/mol. The van der Waals surface area contributed by atoms with Crippen LogP contribution in [0.25, 0.3) is 0 Å². The zero-order chi connectivity index (χ0) is 13.3. The van der Waals surface area contributed by atoms with Crippen LogP contribution in [-0.2, 0) is 0 Å². The average molecular weight is 249 g/mol. The molecule has 0 amide bonds. The summed E-state index contributed by atoms with van der Waals surface area (Å²) in [6, 6.07) is 4.04. The van der Waals surface area contributed by atoms with Gasteiger partial charge in [0.05, 0.1) is 12.8 Å². The number of rotatable bonds is 2. The van der Waals surface area contributed by atoms with E-state index in [4.69, 9.17) is 10.5 Å². The van der Waals surface area contributed by atoms with Gasteiger partial charge in [-0.1, -0.05) is 0 Å². The van der Waals surface area contributed by atoms with Gasteiger partial charge in [0.25, 0.3) is 0 Å². The molecular formula is C14H23N3O. The Kier molecular flexibility index (Phi) is 3.39. The van der Waals surface area contributed by atoms with Gasteiger partial charge in [-0.2, -0.15) is 0 Å². The van der Waals surface area contributed by atoms with Crippen molar-refractivity contribution in [1.82, 2.24) is 5.32 Å². The van der Waals surface area contributed by atoms with Gasteiger partial charge in [0.1, 0.15) is 5.75 Å². The highest BCUT2D eigenvalue weighted by molar-refractivity contribution is 5.67. The average Bonchev–Trinajstić information content (AvgIpc) is 2.27. The maximum Gasteiger partial charge on any atom is 0.143 e. The standard InChI is InChI=1S/C14H23N3O/c1-10-7-11(15)13(18-4)8-12(10)17-6-5-16-14(2,3)9-17/h7-8,16H,5-6,9,15H2,1-4H3. The van der Waals surface area contributed by atoms with Crippen LogP contribution >= 0.6 is 0 Å². The van der Waals surface area contributed by atoms with Crippen molar-refractivity contribution in [2.24, 2.45) is 0 Å². The molecule has 1 heterocycles. The molecule has 100 valence electrons. The van der Waals surface area contributed by atoms with Gasteiger partial charge in [-0.3, -0.25) is 0 Å². The summed E-state index contributed by atoms with van der Waals surface area (Å²) in [5, 5.41) is 3.52. The lowest BCUT2D eigenvalue weighted by atomic mass is 10.0. The van der Waals surface area contributed by atoms with E-state index in [2.05, 4.69) is 31.0 Å². The van der Waals surface area contributed by atoms with E-state index in [-0.39, 0.29) is 5.54 Å².